The molecule has 1 aromatic rings. The zero-order valence-electron chi connectivity index (χ0n) is 16.6. The van der Waals surface area contributed by atoms with Gasteiger partial charge in [0.05, 0.1) is 10.9 Å². The van der Waals surface area contributed by atoms with Gasteiger partial charge in [0, 0.05) is 30.4 Å². The van der Waals surface area contributed by atoms with E-state index in [2.05, 4.69) is 24.5 Å². The molecule has 0 bridgehead atoms. The minimum Gasteiger partial charge on any atom is -0.352 e. The van der Waals surface area contributed by atoms with Gasteiger partial charge < -0.3 is 10.2 Å². The van der Waals surface area contributed by atoms with Crippen LogP contribution in [0.5, 0.6) is 0 Å². The molecule has 148 valence electrons. The maximum absolute atomic E-state index is 12.8. The van der Waals surface area contributed by atoms with Gasteiger partial charge in [0.15, 0.2) is 0 Å². The highest BCUT2D eigenvalue weighted by molar-refractivity contribution is 8.01. The number of amides is 2. The van der Waals surface area contributed by atoms with Crippen molar-refractivity contribution in [2.24, 2.45) is 0 Å². The van der Waals surface area contributed by atoms with Crippen molar-refractivity contribution in [1.82, 2.24) is 15.5 Å². The monoisotopic (exact) mass is 389 g/mol. The number of carbonyl (C=O) groups excluding carboxylic acids is 2. The second-order valence-corrected chi connectivity index (χ2v) is 9.07. The summed E-state index contributed by atoms with van der Waals surface area (Å²) in [5.74, 6) is 1.01. The van der Waals surface area contributed by atoms with Gasteiger partial charge in [0.1, 0.15) is 0 Å². The van der Waals surface area contributed by atoms with E-state index in [1.54, 1.807) is 0 Å². The lowest BCUT2D eigenvalue weighted by molar-refractivity contribution is -0.123. The van der Waals surface area contributed by atoms with Crippen LogP contribution in [0.15, 0.2) is 24.3 Å². The summed E-state index contributed by atoms with van der Waals surface area (Å²) in [6, 6.07) is 8.01. The molecule has 2 aliphatic rings. The van der Waals surface area contributed by atoms with E-state index in [9.17, 15) is 9.59 Å². The van der Waals surface area contributed by atoms with Crippen LogP contribution in [0.3, 0.4) is 0 Å². The number of aryl methyl sites for hydroxylation is 1. The molecule has 2 heterocycles. The number of nitrogens with zero attached hydrogens (tertiary/aromatic N) is 1. The van der Waals surface area contributed by atoms with Crippen LogP contribution >= 0.6 is 11.8 Å². The first kappa shape index (κ1) is 20.2. The Hall–Kier alpha value is -1.53. The molecule has 0 radical (unpaired) electrons. The topological polar surface area (TPSA) is 61.4 Å². The summed E-state index contributed by atoms with van der Waals surface area (Å²) in [4.78, 5) is 27.0. The fraction of sp³-hybridized carbons (Fsp3) is 0.619. The normalized spacial score (nSPS) is 22.6. The number of nitrogens with one attached hydrogen (secondary N) is 2. The average Bonchev–Trinajstić information content (AvgIpc) is 3.11. The molecule has 0 aromatic heterocycles. The number of thioether (sulfide) groups is 1. The number of carbonyl (C=O) groups is 2. The number of benzene rings is 1. The molecule has 2 aliphatic heterocycles. The van der Waals surface area contributed by atoms with Crippen molar-refractivity contribution in [2.75, 3.05) is 18.8 Å². The Morgan fingerprint density at radius 1 is 1.26 bits per heavy atom. The van der Waals surface area contributed by atoms with Gasteiger partial charge in [-0.15, -0.1) is 11.8 Å². The lowest BCUT2D eigenvalue weighted by atomic mass is 10.0. The molecule has 2 N–H and O–H groups in total. The van der Waals surface area contributed by atoms with Gasteiger partial charge in [0.25, 0.3) is 5.91 Å². The fourth-order valence-electron chi connectivity index (χ4n) is 3.66. The second kappa shape index (κ2) is 8.65. The van der Waals surface area contributed by atoms with Crippen molar-refractivity contribution >= 4 is 23.6 Å². The van der Waals surface area contributed by atoms with Crippen molar-refractivity contribution in [3.8, 4) is 0 Å². The van der Waals surface area contributed by atoms with E-state index < -0.39 is 0 Å². The molecule has 2 amide bonds. The summed E-state index contributed by atoms with van der Waals surface area (Å²) in [5.41, 5.74) is 2.01. The van der Waals surface area contributed by atoms with Gasteiger partial charge in [-0.1, -0.05) is 26.0 Å². The third-order valence-electron chi connectivity index (χ3n) is 5.75. The van der Waals surface area contributed by atoms with Crippen LogP contribution in [0, 0.1) is 0 Å². The SMILES string of the molecule is CCc1ccc(C(=O)N2CCC3(CC2)N[C@H](C(=O)N[C@@H](C)CC)CS3)cc1. The lowest BCUT2D eigenvalue weighted by Gasteiger charge is -2.39. The summed E-state index contributed by atoms with van der Waals surface area (Å²) in [7, 11) is 0. The summed E-state index contributed by atoms with van der Waals surface area (Å²) in [6.07, 6.45) is 3.68. The highest BCUT2D eigenvalue weighted by Crippen LogP contribution is 2.39. The van der Waals surface area contributed by atoms with Gasteiger partial charge in [0.2, 0.25) is 5.91 Å². The predicted molar refractivity (Wildman–Crippen MR) is 111 cm³/mol. The maximum Gasteiger partial charge on any atom is 0.253 e. The predicted octanol–water partition coefficient (Wildman–Crippen LogP) is 2.80. The second-order valence-electron chi connectivity index (χ2n) is 7.66. The first-order chi connectivity index (χ1) is 13.0. The largest absolute Gasteiger partial charge is 0.352 e. The van der Waals surface area contributed by atoms with Gasteiger partial charge in [-0.2, -0.15) is 0 Å². The van der Waals surface area contributed by atoms with Crippen LogP contribution in [0.1, 0.15) is 56.0 Å². The highest BCUT2D eigenvalue weighted by atomic mass is 32.2. The molecule has 2 fully saturated rings. The number of hydrogen-bond acceptors (Lipinski definition) is 4. The molecule has 0 saturated carbocycles. The molecule has 2 saturated heterocycles. The smallest absolute Gasteiger partial charge is 0.253 e. The van der Waals surface area contributed by atoms with Crippen LogP contribution in [0.25, 0.3) is 0 Å². The third kappa shape index (κ3) is 4.66. The number of rotatable bonds is 5. The Kier molecular flexibility index (Phi) is 6.48. The molecule has 1 spiro atoms. The van der Waals surface area contributed by atoms with Crippen LogP contribution in [-0.4, -0.2) is 52.5 Å². The van der Waals surface area contributed by atoms with E-state index in [0.717, 1.165) is 50.1 Å². The van der Waals surface area contributed by atoms with Gasteiger partial charge in [-0.05, 0) is 50.3 Å². The van der Waals surface area contributed by atoms with Crippen molar-refractivity contribution < 1.29 is 9.59 Å². The van der Waals surface area contributed by atoms with Gasteiger partial charge in [-0.3, -0.25) is 14.9 Å². The maximum atomic E-state index is 12.8. The zero-order valence-corrected chi connectivity index (χ0v) is 17.4. The average molecular weight is 390 g/mol. The number of piperidine rings is 1. The number of hydrogen-bond donors (Lipinski definition) is 2. The standard InChI is InChI=1S/C21H31N3O2S/c1-4-15(3)22-19(25)18-14-27-21(23-18)10-12-24(13-11-21)20(26)17-8-6-16(5-2)7-9-17/h6-9,15,18,23H,4-5,10-14H2,1-3H3,(H,22,25)/t15-,18-/m0/s1. The van der Waals surface area contributed by atoms with Crippen LogP contribution in [0.4, 0.5) is 0 Å². The van der Waals surface area contributed by atoms with E-state index in [4.69, 9.17) is 0 Å². The molecule has 1 aromatic carbocycles. The Labute approximate surface area is 166 Å². The molecule has 2 atom stereocenters. The first-order valence-corrected chi connectivity index (χ1v) is 11.0. The van der Waals surface area contributed by atoms with Crippen LogP contribution < -0.4 is 10.6 Å². The minimum atomic E-state index is -0.132. The van der Waals surface area contributed by atoms with Crippen molar-refractivity contribution in [3.05, 3.63) is 35.4 Å². The first-order valence-electron chi connectivity index (χ1n) is 10.1. The van der Waals surface area contributed by atoms with Crippen molar-refractivity contribution in [2.45, 2.75) is 63.4 Å². The summed E-state index contributed by atoms with van der Waals surface area (Å²) in [5, 5.41) is 6.63. The fourth-order valence-corrected chi connectivity index (χ4v) is 5.07. The van der Waals surface area contributed by atoms with Crippen LogP contribution in [-0.2, 0) is 11.2 Å². The zero-order chi connectivity index (χ0) is 19.4. The van der Waals surface area contributed by atoms with E-state index in [1.165, 1.54) is 5.56 Å². The van der Waals surface area contributed by atoms with Crippen molar-refractivity contribution in [3.63, 3.8) is 0 Å². The Morgan fingerprint density at radius 3 is 2.52 bits per heavy atom. The molecule has 0 aliphatic carbocycles. The Balaban J connectivity index is 1.54. The molecule has 27 heavy (non-hydrogen) atoms. The van der Waals surface area contributed by atoms with E-state index in [0.29, 0.717) is 0 Å². The van der Waals surface area contributed by atoms with E-state index in [1.807, 2.05) is 47.9 Å². The van der Waals surface area contributed by atoms with E-state index >= 15 is 0 Å². The Bertz CT molecular complexity index is 669. The molecule has 0 unspecified atom stereocenters. The molecular weight excluding hydrogens is 358 g/mol. The third-order valence-corrected chi connectivity index (χ3v) is 7.33. The molecular formula is C21H31N3O2S. The highest BCUT2D eigenvalue weighted by Gasteiger charge is 2.44. The minimum absolute atomic E-state index is 0.0691. The van der Waals surface area contributed by atoms with Gasteiger partial charge >= 0.3 is 0 Å². The lowest BCUT2D eigenvalue weighted by Crippen LogP contribution is -2.55. The number of likely N-dealkylation sites (tertiary alicyclic amines) is 1. The van der Waals surface area contributed by atoms with Crippen molar-refractivity contribution in [1.29, 1.82) is 0 Å². The molecule has 3 rings (SSSR count). The van der Waals surface area contributed by atoms with Gasteiger partial charge in [-0.25, -0.2) is 0 Å². The Morgan fingerprint density at radius 2 is 1.93 bits per heavy atom. The quantitative estimate of drug-likeness (QED) is 0.813. The van der Waals surface area contributed by atoms with Crippen LogP contribution in [0.2, 0.25) is 0 Å². The summed E-state index contributed by atoms with van der Waals surface area (Å²) < 4.78 is 0. The summed E-state index contributed by atoms with van der Waals surface area (Å²) >= 11 is 1.84. The molecule has 6 heteroatoms. The van der Waals surface area contributed by atoms with E-state index in [-0.39, 0.29) is 28.8 Å². The summed E-state index contributed by atoms with van der Waals surface area (Å²) in [6.45, 7) is 7.68. The molecule has 5 nitrogen and oxygen atoms in total.